The van der Waals surface area contributed by atoms with Gasteiger partial charge in [0.1, 0.15) is 5.82 Å². The van der Waals surface area contributed by atoms with Crippen LogP contribution in [0, 0.1) is 11.2 Å². The molecule has 1 N–H and O–H groups in total. The van der Waals surface area contributed by atoms with E-state index in [-0.39, 0.29) is 18.2 Å². The van der Waals surface area contributed by atoms with Crippen molar-refractivity contribution < 1.29 is 4.39 Å². The molecular formula is C16H22ClFN2. The lowest BCUT2D eigenvalue weighted by molar-refractivity contribution is 0.293. The summed E-state index contributed by atoms with van der Waals surface area (Å²) in [6, 6.07) is 6.65. The van der Waals surface area contributed by atoms with Crippen molar-refractivity contribution in [1.29, 1.82) is 0 Å². The zero-order valence-corrected chi connectivity index (χ0v) is 12.5. The Hall–Kier alpha value is -0.900. The van der Waals surface area contributed by atoms with Gasteiger partial charge in [-0.3, -0.25) is 4.90 Å². The highest BCUT2D eigenvalue weighted by Crippen LogP contribution is 2.35. The average molecular weight is 297 g/mol. The third-order valence-corrected chi connectivity index (χ3v) is 4.39. The van der Waals surface area contributed by atoms with Crippen LogP contribution in [0.4, 0.5) is 4.39 Å². The number of hydrogen-bond donors (Lipinski definition) is 1. The maximum Gasteiger partial charge on any atom is 0.123 e. The van der Waals surface area contributed by atoms with E-state index in [9.17, 15) is 4.39 Å². The van der Waals surface area contributed by atoms with E-state index in [4.69, 9.17) is 0 Å². The van der Waals surface area contributed by atoms with Gasteiger partial charge in [0.15, 0.2) is 0 Å². The second-order valence-corrected chi connectivity index (χ2v) is 5.87. The van der Waals surface area contributed by atoms with Gasteiger partial charge in [-0.25, -0.2) is 4.39 Å². The van der Waals surface area contributed by atoms with Crippen LogP contribution < -0.4 is 5.32 Å². The van der Waals surface area contributed by atoms with Crippen LogP contribution in [0.1, 0.15) is 18.4 Å². The molecule has 0 amide bonds. The SMILES string of the molecule is Cl.Fc1ccc(/C=C/CN2CCC3(CCNC3)C2)cc1. The first kappa shape index (κ1) is 15.5. The highest BCUT2D eigenvalue weighted by Gasteiger charge is 2.39. The van der Waals surface area contributed by atoms with Gasteiger partial charge in [-0.15, -0.1) is 12.4 Å². The van der Waals surface area contributed by atoms with Crippen LogP contribution in [-0.2, 0) is 0 Å². The topological polar surface area (TPSA) is 15.3 Å². The molecule has 0 bridgehead atoms. The van der Waals surface area contributed by atoms with Crippen molar-refractivity contribution in [3.63, 3.8) is 0 Å². The van der Waals surface area contributed by atoms with Gasteiger partial charge in [0.05, 0.1) is 0 Å². The molecule has 1 atom stereocenters. The fourth-order valence-electron chi connectivity index (χ4n) is 3.24. The molecule has 20 heavy (non-hydrogen) atoms. The Balaban J connectivity index is 0.00000147. The molecule has 1 aromatic rings. The minimum Gasteiger partial charge on any atom is -0.316 e. The molecule has 0 aliphatic carbocycles. The van der Waals surface area contributed by atoms with E-state index >= 15 is 0 Å². The minimum atomic E-state index is -0.174. The molecule has 2 heterocycles. The van der Waals surface area contributed by atoms with Gasteiger partial charge in [0, 0.05) is 19.6 Å². The summed E-state index contributed by atoms with van der Waals surface area (Å²) < 4.78 is 12.8. The van der Waals surface area contributed by atoms with E-state index in [1.807, 2.05) is 12.1 Å². The Labute approximate surface area is 126 Å². The van der Waals surface area contributed by atoms with E-state index in [2.05, 4.69) is 22.4 Å². The average Bonchev–Trinajstić information content (AvgIpc) is 3.03. The predicted octanol–water partition coefficient (Wildman–Crippen LogP) is 2.95. The molecule has 0 aromatic heterocycles. The molecule has 2 nitrogen and oxygen atoms in total. The third kappa shape index (κ3) is 3.60. The molecule has 0 radical (unpaired) electrons. The van der Waals surface area contributed by atoms with Gasteiger partial charge in [-0.05, 0) is 49.0 Å². The standard InChI is InChI=1S/C16H21FN2.ClH/c17-15-5-3-14(4-6-15)2-1-10-19-11-8-16(13-19)7-9-18-12-16;/h1-6,18H,7-13H2;1H/b2-1+;. The normalized spacial score (nSPS) is 26.4. The Morgan fingerprint density at radius 3 is 2.75 bits per heavy atom. The van der Waals surface area contributed by atoms with E-state index in [1.165, 1.54) is 51.2 Å². The highest BCUT2D eigenvalue weighted by molar-refractivity contribution is 5.85. The zero-order valence-electron chi connectivity index (χ0n) is 11.6. The van der Waals surface area contributed by atoms with Gasteiger partial charge in [0.2, 0.25) is 0 Å². The Bertz CT molecular complexity index is 452. The Kier molecular flexibility index (Phi) is 5.19. The van der Waals surface area contributed by atoms with Crippen LogP contribution in [0.15, 0.2) is 30.3 Å². The quantitative estimate of drug-likeness (QED) is 0.922. The fraction of sp³-hybridized carbons (Fsp3) is 0.500. The maximum absolute atomic E-state index is 12.8. The molecule has 4 heteroatoms. The van der Waals surface area contributed by atoms with Crippen molar-refractivity contribution in [2.24, 2.45) is 5.41 Å². The van der Waals surface area contributed by atoms with Crippen molar-refractivity contribution in [3.05, 3.63) is 41.7 Å². The third-order valence-electron chi connectivity index (χ3n) is 4.39. The van der Waals surface area contributed by atoms with Crippen molar-refractivity contribution >= 4 is 18.5 Å². The number of halogens is 2. The first-order valence-corrected chi connectivity index (χ1v) is 7.11. The summed E-state index contributed by atoms with van der Waals surface area (Å²) in [4.78, 5) is 2.52. The second kappa shape index (κ2) is 6.70. The first-order valence-electron chi connectivity index (χ1n) is 7.11. The van der Waals surface area contributed by atoms with Gasteiger partial charge in [-0.2, -0.15) is 0 Å². The van der Waals surface area contributed by atoms with E-state index in [0.717, 1.165) is 12.1 Å². The summed E-state index contributed by atoms with van der Waals surface area (Å²) in [5.74, 6) is -0.174. The van der Waals surface area contributed by atoms with Crippen molar-refractivity contribution in [3.8, 4) is 0 Å². The molecule has 1 aromatic carbocycles. The van der Waals surface area contributed by atoms with Gasteiger partial charge in [0.25, 0.3) is 0 Å². The number of nitrogens with one attached hydrogen (secondary N) is 1. The van der Waals surface area contributed by atoms with Crippen LogP contribution in [0.3, 0.4) is 0 Å². The number of likely N-dealkylation sites (tertiary alicyclic amines) is 1. The Morgan fingerprint density at radius 2 is 2.05 bits per heavy atom. The second-order valence-electron chi connectivity index (χ2n) is 5.87. The minimum absolute atomic E-state index is 0. The van der Waals surface area contributed by atoms with Gasteiger partial charge in [-0.1, -0.05) is 24.3 Å². The summed E-state index contributed by atoms with van der Waals surface area (Å²) in [7, 11) is 0. The van der Waals surface area contributed by atoms with Gasteiger partial charge < -0.3 is 5.32 Å². The van der Waals surface area contributed by atoms with Gasteiger partial charge >= 0.3 is 0 Å². The summed E-state index contributed by atoms with van der Waals surface area (Å²) in [5.41, 5.74) is 1.61. The van der Waals surface area contributed by atoms with Crippen LogP contribution in [0.5, 0.6) is 0 Å². The van der Waals surface area contributed by atoms with E-state index in [1.54, 1.807) is 0 Å². The first-order chi connectivity index (χ1) is 9.26. The molecule has 2 fully saturated rings. The van der Waals surface area contributed by atoms with E-state index in [0.29, 0.717) is 5.41 Å². The maximum atomic E-state index is 12.8. The fourth-order valence-corrected chi connectivity index (χ4v) is 3.24. The van der Waals surface area contributed by atoms with Crippen LogP contribution >= 0.6 is 12.4 Å². The summed E-state index contributed by atoms with van der Waals surface area (Å²) in [6.07, 6.45) is 6.92. The van der Waals surface area contributed by atoms with Crippen LogP contribution in [-0.4, -0.2) is 37.6 Å². The lowest BCUT2D eigenvalue weighted by Gasteiger charge is -2.22. The molecule has 110 valence electrons. The molecule has 2 saturated heterocycles. The number of benzene rings is 1. The summed E-state index contributed by atoms with van der Waals surface area (Å²) >= 11 is 0. The van der Waals surface area contributed by atoms with Crippen molar-refractivity contribution in [2.45, 2.75) is 12.8 Å². The summed E-state index contributed by atoms with van der Waals surface area (Å²) in [6.45, 7) is 5.78. The number of nitrogens with zero attached hydrogens (tertiary/aromatic N) is 1. The molecule has 0 saturated carbocycles. The van der Waals surface area contributed by atoms with Crippen LogP contribution in [0.25, 0.3) is 6.08 Å². The molecular weight excluding hydrogens is 275 g/mol. The predicted molar refractivity (Wildman–Crippen MR) is 83.7 cm³/mol. The molecule has 3 rings (SSSR count). The van der Waals surface area contributed by atoms with Crippen molar-refractivity contribution in [2.75, 3.05) is 32.7 Å². The van der Waals surface area contributed by atoms with E-state index < -0.39 is 0 Å². The molecule has 2 aliphatic heterocycles. The highest BCUT2D eigenvalue weighted by atomic mass is 35.5. The number of rotatable bonds is 3. The molecule has 1 unspecified atom stereocenters. The smallest absolute Gasteiger partial charge is 0.123 e. The zero-order chi connectivity index (χ0) is 13.1. The summed E-state index contributed by atoms with van der Waals surface area (Å²) in [5, 5.41) is 3.48. The Morgan fingerprint density at radius 1 is 1.25 bits per heavy atom. The lowest BCUT2D eigenvalue weighted by atomic mass is 9.87. The van der Waals surface area contributed by atoms with Crippen LogP contribution in [0.2, 0.25) is 0 Å². The van der Waals surface area contributed by atoms with Crippen molar-refractivity contribution in [1.82, 2.24) is 10.2 Å². The number of hydrogen-bond acceptors (Lipinski definition) is 2. The lowest BCUT2D eigenvalue weighted by Crippen LogP contribution is -2.29. The molecule has 2 aliphatic rings. The molecule has 1 spiro atoms. The monoisotopic (exact) mass is 296 g/mol. The largest absolute Gasteiger partial charge is 0.316 e.